The number of benzene rings is 1. The van der Waals surface area contributed by atoms with Crippen LogP contribution in [0.15, 0.2) is 30.5 Å². The molecule has 1 aliphatic carbocycles. The number of nitrogens with zero attached hydrogens (tertiary/aromatic N) is 2. The van der Waals surface area contributed by atoms with Gasteiger partial charge in [0.2, 0.25) is 0 Å². The number of carbonyl (C=O) groups is 1. The minimum atomic E-state index is -0.766. The van der Waals surface area contributed by atoms with Crippen molar-refractivity contribution in [3.05, 3.63) is 36.2 Å². The molecular formula is C13H12N2O2. The maximum absolute atomic E-state index is 10.8. The molecule has 0 radical (unpaired) electrons. The molecule has 1 saturated carbocycles. The zero-order valence-electron chi connectivity index (χ0n) is 9.26. The predicted molar refractivity (Wildman–Crippen MR) is 62.7 cm³/mol. The summed E-state index contributed by atoms with van der Waals surface area (Å²) in [6, 6.07) is 7.64. The van der Waals surface area contributed by atoms with Gasteiger partial charge in [-0.25, -0.2) is 4.98 Å². The summed E-state index contributed by atoms with van der Waals surface area (Å²) < 4.78 is 0. The van der Waals surface area contributed by atoms with E-state index >= 15 is 0 Å². The van der Waals surface area contributed by atoms with Crippen molar-refractivity contribution in [2.45, 2.75) is 24.7 Å². The van der Waals surface area contributed by atoms with Crippen molar-refractivity contribution in [2.75, 3.05) is 0 Å². The molecule has 4 nitrogen and oxygen atoms in total. The standard InChI is InChI=1S/C13H12N2O2/c16-12(17)7-13(5-6-13)11-8-14-9-3-1-2-4-10(9)15-11/h1-4,8H,5-7H2,(H,16,17). The Kier molecular flexibility index (Phi) is 2.11. The smallest absolute Gasteiger partial charge is 0.304 e. The Labute approximate surface area is 98.3 Å². The van der Waals surface area contributed by atoms with E-state index in [1.165, 1.54) is 0 Å². The quantitative estimate of drug-likeness (QED) is 0.874. The summed E-state index contributed by atoms with van der Waals surface area (Å²) in [6.45, 7) is 0. The van der Waals surface area contributed by atoms with E-state index < -0.39 is 5.97 Å². The zero-order chi connectivity index (χ0) is 11.9. The molecule has 0 unspecified atom stereocenters. The molecule has 1 fully saturated rings. The van der Waals surface area contributed by atoms with Gasteiger partial charge in [0, 0.05) is 11.6 Å². The number of carboxylic acid groups (broad SMARTS) is 1. The highest BCUT2D eigenvalue weighted by Gasteiger charge is 2.47. The topological polar surface area (TPSA) is 63.1 Å². The van der Waals surface area contributed by atoms with E-state index in [2.05, 4.69) is 9.97 Å². The Balaban J connectivity index is 2.03. The number of para-hydroxylation sites is 2. The van der Waals surface area contributed by atoms with Crippen LogP contribution in [0.2, 0.25) is 0 Å². The number of fused-ring (bicyclic) bond motifs is 1. The van der Waals surface area contributed by atoms with E-state index in [0.717, 1.165) is 29.6 Å². The van der Waals surface area contributed by atoms with E-state index in [9.17, 15) is 4.79 Å². The molecule has 3 rings (SSSR count). The molecule has 1 aromatic heterocycles. The third kappa shape index (κ3) is 1.75. The highest BCUT2D eigenvalue weighted by Crippen LogP contribution is 2.50. The second-order valence-electron chi connectivity index (χ2n) is 4.59. The number of aromatic nitrogens is 2. The normalized spacial score (nSPS) is 16.9. The van der Waals surface area contributed by atoms with Crippen molar-refractivity contribution in [3.63, 3.8) is 0 Å². The third-order valence-corrected chi connectivity index (χ3v) is 3.34. The number of hydrogen-bond donors (Lipinski definition) is 1. The molecular weight excluding hydrogens is 216 g/mol. The van der Waals surface area contributed by atoms with Crippen LogP contribution in [-0.4, -0.2) is 21.0 Å². The Morgan fingerprint density at radius 1 is 1.29 bits per heavy atom. The summed E-state index contributed by atoms with van der Waals surface area (Å²) in [5, 5.41) is 8.92. The lowest BCUT2D eigenvalue weighted by molar-refractivity contribution is -0.137. The summed E-state index contributed by atoms with van der Waals surface area (Å²) in [6.07, 6.45) is 3.66. The number of rotatable bonds is 3. The van der Waals surface area contributed by atoms with Gasteiger partial charge in [-0.3, -0.25) is 9.78 Å². The molecule has 17 heavy (non-hydrogen) atoms. The highest BCUT2D eigenvalue weighted by molar-refractivity contribution is 5.74. The van der Waals surface area contributed by atoms with E-state index in [0.29, 0.717) is 0 Å². The largest absolute Gasteiger partial charge is 0.481 e. The van der Waals surface area contributed by atoms with Crippen LogP contribution >= 0.6 is 0 Å². The minimum Gasteiger partial charge on any atom is -0.481 e. The predicted octanol–water partition coefficient (Wildman–Crippen LogP) is 2.14. The first kappa shape index (κ1) is 10.2. The SMILES string of the molecule is O=C(O)CC1(c2cnc3ccccc3n2)CC1. The van der Waals surface area contributed by atoms with Crippen molar-refractivity contribution in [1.29, 1.82) is 0 Å². The molecule has 4 heteroatoms. The van der Waals surface area contributed by atoms with Crippen molar-refractivity contribution in [1.82, 2.24) is 9.97 Å². The highest BCUT2D eigenvalue weighted by atomic mass is 16.4. The first-order chi connectivity index (χ1) is 8.20. The summed E-state index contributed by atoms with van der Waals surface area (Å²) in [7, 11) is 0. The number of aliphatic carboxylic acids is 1. The molecule has 0 aliphatic heterocycles. The molecule has 86 valence electrons. The van der Waals surface area contributed by atoms with Crippen LogP contribution in [0.5, 0.6) is 0 Å². The van der Waals surface area contributed by atoms with Gasteiger partial charge in [0.15, 0.2) is 0 Å². The van der Waals surface area contributed by atoms with Gasteiger partial charge in [0.05, 0.1) is 23.1 Å². The second-order valence-corrected chi connectivity index (χ2v) is 4.59. The average molecular weight is 228 g/mol. The summed E-state index contributed by atoms with van der Waals surface area (Å²) in [5.74, 6) is -0.766. The average Bonchev–Trinajstić information content (AvgIpc) is 3.08. The van der Waals surface area contributed by atoms with Crippen LogP contribution < -0.4 is 0 Å². The molecule has 0 bridgehead atoms. The van der Waals surface area contributed by atoms with Gasteiger partial charge in [0.1, 0.15) is 0 Å². The van der Waals surface area contributed by atoms with Crippen LogP contribution in [0.3, 0.4) is 0 Å². The summed E-state index contributed by atoms with van der Waals surface area (Å²) in [4.78, 5) is 19.7. The molecule has 1 aliphatic rings. The monoisotopic (exact) mass is 228 g/mol. The van der Waals surface area contributed by atoms with E-state index in [1.807, 2.05) is 24.3 Å². The lowest BCUT2D eigenvalue weighted by Gasteiger charge is -2.11. The first-order valence-corrected chi connectivity index (χ1v) is 5.64. The fourth-order valence-electron chi connectivity index (χ4n) is 2.18. The first-order valence-electron chi connectivity index (χ1n) is 5.64. The van der Waals surface area contributed by atoms with E-state index in [4.69, 9.17) is 5.11 Å². The third-order valence-electron chi connectivity index (χ3n) is 3.34. The molecule has 1 heterocycles. The molecule has 0 spiro atoms. The van der Waals surface area contributed by atoms with Gasteiger partial charge in [0.25, 0.3) is 0 Å². The van der Waals surface area contributed by atoms with Gasteiger partial charge >= 0.3 is 5.97 Å². The van der Waals surface area contributed by atoms with Crippen LogP contribution in [0.1, 0.15) is 25.0 Å². The summed E-state index contributed by atoms with van der Waals surface area (Å²) in [5.41, 5.74) is 2.24. The van der Waals surface area contributed by atoms with Crippen LogP contribution in [0, 0.1) is 0 Å². The Bertz CT molecular complexity index is 591. The zero-order valence-corrected chi connectivity index (χ0v) is 9.26. The number of carboxylic acids is 1. The maximum atomic E-state index is 10.8. The Morgan fingerprint density at radius 3 is 2.65 bits per heavy atom. The Morgan fingerprint density at radius 2 is 2.00 bits per heavy atom. The molecule has 0 amide bonds. The van der Waals surface area contributed by atoms with Crippen LogP contribution in [0.4, 0.5) is 0 Å². The second kappa shape index (κ2) is 3.52. The Hall–Kier alpha value is -1.97. The molecule has 0 saturated heterocycles. The van der Waals surface area contributed by atoms with Gasteiger partial charge in [-0.05, 0) is 25.0 Å². The lowest BCUT2D eigenvalue weighted by atomic mass is 9.98. The molecule has 1 N–H and O–H groups in total. The van der Waals surface area contributed by atoms with Crippen molar-refractivity contribution >= 4 is 17.0 Å². The van der Waals surface area contributed by atoms with Gasteiger partial charge in [-0.15, -0.1) is 0 Å². The maximum Gasteiger partial charge on any atom is 0.304 e. The van der Waals surface area contributed by atoms with Gasteiger partial charge < -0.3 is 5.11 Å². The van der Waals surface area contributed by atoms with Crippen LogP contribution in [-0.2, 0) is 10.2 Å². The van der Waals surface area contributed by atoms with Gasteiger partial charge in [-0.2, -0.15) is 0 Å². The molecule has 1 aromatic carbocycles. The van der Waals surface area contributed by atoms with E-state index in [1.54, 1.807) is 6.20 Å². The van der Waals surface area contributed by atoms with Crippen molar-refractivity contribution < 1.29 is 9.90 Å². The van der Waals surface area contributed by atoms with E-state index in [-0.39, 0.29) is 11.8 Å². The summed E-state index contributed by atoms with van der Waals surface area (Å²) >= 11 is 0. The number of hydrogen-bond acceptors (Lipinski definition) is 3. The van der Waals surface area contributed by atoms with Gasteiger partial charge in [-0.1, -0.05) is 12.1 Å². The fourth-order valence-corrected chi connectivity index (χ4v) is 2.18. The molecule has 2 aromatic rings. The minimum absolute atomic E-state index is 0.153. The molecule has 0 atom stereocenters. The van der Waals surface area contributed by atoms with Crippen LogP contribution in [0.25, 0.3) is 11.0 Å². The fraction of sp³-hybridized carbons (Fsp3) is 0.308. The lowest BCUT2D eigenvalue weighted by Crippen LogP contribution is -2.15. The van der Waals surface area contributed by atoms with Crippen molar-refractivity contribution in [2.24, 2.45) is 0 Å². The van der Waals surface area contributed by atoms with Crippen molar-refractivity contribution in [3.8, 4) is 0 Å².